The molecule has 4 aromatic rings. The largest absolute Gasteiger partial charge is 0.481 e. The Morgan fingerprint density at radius 1 is 0.681 bits per heavy atom. The first kappa shape index (κ1) is 58.0. The maximum absolute atomic E-state index is 13.6. The van der Waals surface area contributed by atoms with Crippen LogP contribution >= 0.6 is 0 Å². The standard InChI is InChI=1S/C45H55N3O18S6/c1-29-16-17-33-35(25-31(71(61,62)63)27-38(33)69(57,58)46-20-23-67(51,52)53)42(29)44(3,4)30(2)13-9-7-10-14-40-45(5,6)43-36-26-32(72(64,65)66)28-39(70(59,60)47-21-24-68(54,55)56)34(36)18-19-37(43)48(40)22-12-8-11-15-41(49)50/h7,9-10,13-14,16-19,25-28,46-47H,2,8,11-12,15,20-24H2,1,3-6H3,(H,49,50)(H,51,52,53)(H,54,55,56)(H,61,62,63)(H,64,65,66)/b10-7+,13-9+,40-14+. The molecule has 0 radical (unpaired) electrons. The second kappa shape index (κ2) is 21.1. The smallest absolute Gasteiger partial charge is 0.303 e. The molecular formula is C45H55N3O18S6. The van der Waals surface area contributed by atoms with E-state index in [1.807, 2.05) is 9.62 Å². The summed E-state index contributed by atoms with van der Waals surface area (Å²) >= 11 is 0. The van der Waals surface area contributed by atoms with Crippen molar-refractivity contribution >= 4 is 93.7 Å². The number of hydrogen-bond donors (Lipinski definition) is 7. The lowest BCUT2D eigenvalue weighted by atomic mass is 9.74. The molecule has 4 aromatic carbocycles. The van der Waals surface area contributed by atoms with Crippen molar-refractivity contribution < 1.29 is 78.6 Å². The van der Waals surface area contributed by atoms with E-state index in [9.17, 15) is 74.1 Å². The molecule has 0 saturated heterocycles. The van der Waals surface area contributed by atoms with E-state index in [0.717, 1.165) is 24.3 Å². The zero-order chi connectivity index (χ0) is 54.2. The van der Waals surface area contributed by atoms with Crippen molar-refractivity contribution in [3.63, 3.8) is 0 Å². The summed E-state index contributed by atoms with van der Waals surface area (Å²) in [5.41, 5.74) is 0.992. The van der Waals surface area contributed by atoms with E-state index in [1.54, 1.807) is 77.1 Å². The van der Waals surface area contributed by atoms with Crippen molar-refractivity contribution in [1.82, 2.24) is 9.44 Å². The molecule has 72 heavy (non-hydrogen) atoms. The molecular weight excluding hydrogens is 1060 g/mol. The van der Waals surface area contributed by atoms with Crippen molar-refractivity contribution in [1.29, 1.82) is 0 Å². The minimum absolute atomic E-state index is 0.0247. The number of anilines is 1. The van der Waals surface area contributed by atoms with Crippen molar-refractivity contribution in [3.8, 4) is 0 Å². The number of sulfonamides is 2. The number of fused-ring (bicyclic) bond motifs is 4. The van der Waals surface area contributed by atoms with Gasteiger partial charge in [0.05, 0.1) is 31.1 Å². The summed E-state index contributed by atoms with van der Waals surface area (Å²) in [6.45, 7) is 11.9. The zero-order valence-corrected chi connectivity index (χ0v) is 44.4. The third kappa shape index (κ3) is 13.4. The van der Waals surface area contributed by atoms with Crippen LogP contribution in [0, 0.1) is 6.92 Å². The van der Waals surface area contributed by atoms with E-state index in [-0.39, 0.29) is 28.0 Å². The molecule has 0 aliphatic carbocycles. The van der Waals surface area contributed by atoms with Gasteiger partial charge in [-0.2, -0.15) is 33.7 Å². The van der Waals surface area contributed by atoms with Crippen LogP contribution in [0.5, 0.6) is 0 Å². The molecule has 27 heteroatoms. The van der Waals surface area contributed by atoms with Crippen LogP contribution < -0.4 is 14.3 Å². The average molecular weight is 1120 g/mol. The van der Waals surface area contributed by atoms with Crippen molar-refractivity contribution in [2.45, 2.75) is 90.7 Å². The highest BCUT2D eigenvalue weighted by molar-refractivity contribution is 7.90. The van der Waals surface area contributed by atoms with Gasteiger partial charge in [-0.1, -0.05) is 83.2 Å². The molecule has 1 aliphatic heterocycles. The van der Waals surface area contributed by atoms with Crippen LogP contribution in [0.25, 0.3) is 21.5 Å². The molecule has 0 saturated carbocycles. The van der Waals surface area contributed by atoms with Gasteiger partial charge in [0.25, 0.3) is 40.5 Å². The van der Waals surface area contributed by atoms with Crippen LogP contribution in [0.1, 0.15) is 70.1 Å². The summed E-state index contributed by atoms with van der Waals surface area (Å²) in [5, 5.41) is 9.48. The third-order valence-corrected chi connectivity index (χ3v) is 18.2. The fraction of sp³-hybridized carbons (Fsp3) is 0.356. The van der Waals surface area contributed by atoms with Crippen LogP contribution in [0.3, 0.4) is 0 Å². The highest BCUT2D eigenvalue weighted by Gasteiger charge is 2.42. The number of aliphatic carboxylic acids is 1. The fourth-order valence-electron chi connectivity index (χ4n) is 8.68. The van der Waals surface area contributed by atoms with E-state index in [4.69, 9.17) is 4.55 Å². The highest BCUT2D eigenvalue weighted by atomic mass is 32.2. The summed E-state index contributed by atoms with van der Waals surface area (Å²) in [6, 6.07) is 9.82. The van der Waals surface area contributed by atoms with Crippen molar-refractivity contribution in [2.75, 3.05) is 36.0 Å². The van der Waals surface area contributed by atoms with E-state index in [2.05, 4.69) is 11.3 Å². The molecule has 1 aliphatic rings. The van der Waals surface area contributed by atoms with E-state index >= 15 is 0 Å². The summed E-state index contributed by atoms with van der Waals surface area (Å²) < 4.78 is 193. The van der Waals surface area contributed by atoms with Crippen LogP contribution in [-0.2, 0) is 76.1 Å². The van der Waals surface area contributed by atoms with E-state index in [1.165, 1.54) is 12.1 Å². The molecule has 0 amide bonds. The van der Waals surface area contributed by atoms with Gasteiger partial charge in [0.2, 0.25) is 20.0 Å². The Labute approximate surface area is 419 Å². The summed E-state index contributed by atoms with van der Waals surface area (Å²) in [7, 11) is -28.5. The lowest BCUT2D eigenvalue weighted by molar-refractivity contribution is -0.137. The Balaban J connectivity index is 1.58. The minimum atomic E-state index is -5.04. The molecule has 0 fully saturated rings. The number of hydrogen-bond acceptors (Lipinski definition) is 14. The number of carboxylic acid groups (broad SMARTS) is 1. The van der Waals surface area contributed by atoms with Gasteiger partial charge in [-0.3, -0.25) is 23.0 Å². The first-order chi connectivity index (χ1) is 32.9. The lowest BCUT2D eigenvalue weighted by Gasteiger charge is -2.30. The molecule has 0 aromatic heterocycles. The van der Waals surface area contributed by atoms with Gasteiger partial charge in [-0.25, -0.2) is 26.3 Å². The van der Waals surface area contributed by atoms with Crippen LogP contribution in [-0.4, -0.2) is 111 Å². The number of unbranched alkanes of at least 4 members (excludes halogenated alkanes) is 2. The van der Waals surface area contributed by atoms with Crippen molar-refractivity contribution in [3.05, 3.63) is 113 Å². The highest BCUT2D eigenvalue weighted by Crippen LogP contribution is 2.52. The molecule has 21 nitrogen and oxygen atoms in total. The van der Waals surface area contributed by atoms with Gasteiger partial charge in [-0.05, 0) is 89.2 Å². The molecule has 0 spiro atoms. The molecule has 5 rings (SSSR count). The minimum Gasteiger partial charge on any atom is -0.481 e. The maximum atomic E-state index is 13.6. The predicted molar refractivity (Wildman–Crippen MR) is 270 cm³/mol. The number of nitrogens with one attached hydrogen (secondary N) is 2. The lowest BCUT2D eigenvalue weighted by Crippen LogP contribution is -2.29. The second-order valence-electron chi connectivity index (χ2n) is 18.0. The zero-order valence-electron chi connectivity index (χ0n) is 39.5. The number of benzene rings is 4. The molecule has 7 N–H and O–H groups in total. The number of aryl methyl sites for hydroxylation is 1. The first-order valence-corrected chi connectivity index (χ1v) is 30.7. The molecule has 394 valence electrons. The Morgan fingerprint density at radius 3 is 1.68 bits per heavy atom. The summed E-state index contributed by atoms with van der Waals surface area (Å²) in [5.74, 6) is -2.93. The number of rotatable bonds is 23. The van der Waals surface area contributed by atoms with E-state index in [0.29, 0.717) is 59.5 Å². The number of carboxylic acids is 1. The summed E-state index contributed by atoms with van der Waals surface area (Å²) in [4.78, 5) is 10.4. The van der Waals surface area contributed by atoms with Crippen LogP contribution in [0.2, 0.25) is 0 Å². The van der Waals surface area contributed by atoms with Gasteiger partial charge in [-0.15, -0.1) is 0 Å². The Hall–Kier alpha value is -4.91. The predicted octanol–water partition coefficient (Wildman–Crippen LogP) is 5.40. The summed E-state index contributed by atoms with van der Waals surface area (Å²) in [6.07, 6.45) is 9.73. The van der Waals surface area contributed by atoms with Gasteiger partial charge < -0.3 is 10.0 Å². The normalized spacial score (nSPS) is 15.6. The first-order valence-electron chi connectivity index (χ1n) is 21.7. The fourth-order valence-corrected chi connectivity index (χ4v) is 13.4. The van der Waals surface area contributed by atoms with Gasteiger partial charge in [0, 0.05) is 59.0 Å². The number of carbonyl (C=O) groups is 1. The third-order valence-electron chi connectivity index (χ3n) is 12.1. The Bertz CT molecular complexity index is 3660. The van der Waals surface area contributed by atoms with Gasteiger partial charge >= 0.3 is 5.97 Å². The quantitative estimate of drug-likeness (QED) is 0.0278. The number of allylic oxidation sites excluding steroid dienone is 7. The Morgan fingerprint density at radius 2 is 1.18 bits per heavy atom. The monoisotopic (exact) mass is 1120 g/mol. The van der Waals surface area contributed by atoms with Crippen LogP contribution in [0.15, 0.2) is 116 Å². The Kier molecular flexibility index (Phi) is 17.0. The molecule has 0 atom stereocenters. The SMILES string of the molecule is C=C(/C=C/C=C/C=C1/N(CCCCCC(=O)O)c2ccc3c(S(=O)(=O)NCCS(=O)(=O)O)cc(S(=O)(=O)O)cc3c2C1(C)C)C(C)(C)c1c(C)ccc2c(S(=O)(=O)NCCS(=O)(=O)O)cc(S(=O)(=O)O)cc12. The van der Waals surface area contributed by atoms with Gasteiger partial charge in [0.1, 0.15) is 0 Å². The maximum Gasteiger partial charge on any atom is 0.303 e. The molecule has 0 unspecified atom stereocenters. The van der Waals surface area contributed by atoms with Gasteiger partial charge in [0.15, 0.2) is 0 Å². The topological polar surface area (TPSA) is 350 Å². The van der Waals surface area contributed by atoms with Crippen molar-refractivity contribution in [2.24, 2.45) is 0 Å². The molecule has 1 heterocycles. The van der Waals surface area contributed by atoms with Crippen LogP contribution in [0.4, 0.5) is 5.69 Å². The van der Waals surface area contributed by atoms with E-state index < -0.39 is 121 Å². The average Bonchev–Trinajstić information content (AvgIpc) is 3.44. The molecule has 0 bridgehead atoms. The second-order valence-corrected chi connectivity index (χ2v) is 27.5. The number of nitrogens with zero attached hydrogens (tertiary/aromatic N) is 1.